The van der Waals surface area contributed by atoms with Gasteiger partial charge in [-0.15, -0.1) is 0 Å². The molecule has 0 aromatic heterocycles. The number of hydrogen-bond acceptors (Lipinski definition) is 4. The van der Waals surface area contributed by atoms with Crippen molar-refractivity contribution in [1.29, 1.82) is 0 Å². The summed E-state index contributed by atoms with van der Waals surface area (Å²) in [6, 6.07) is 16.6. The fourth-order valence-corrected chi connectivity index (χ4v) is 2.63. The molecule has 0 fully saturated rings. The number of alkyl halides is 3. The molecule has 1 atom stereocenters. The number of amides is 1. The van der Waals surface area contributed by atoms with Crippen LogP contribution < -0.4 is 16.0 Å². The second-order valence-corrected chi connectivity index (χ2v) is 10.2. The normalized spacial score (nSPS) is 13.0. The van der Waals surface area contributed by atoms with Crippen LogP contribution in [0.25, 0.3) is 0 Å². The Morgan fingerprint density at radius 2 is 1.43 bits per heavy atom. The second kappa shape index (κ2) is 10.4. The molecule has 160 valence electrons. The maximum atomic E-state index is 12.3. The number of benzene rings is 2. The maximum Gasteiger partial charge on any atom is 0.228 e. The molecule has 2 aromatic rings. The van der Waals surface area contributed by atoms with Crippen molar-refractivity contribution in [3.05, 3.63) is 54.6 Å². The monoisotopic (exact) mass is 485 g/mol. The molecule has 2 rings (SSSR count). The van der Waals surface area contributed by atoms with E-state index in [1.807, 2.05) is 30.3 Å². The summed E-state index contributed by atoms with van der Waals surface area (Å²) in [5.74, 6) is -0.290. The van der Waals surface area contributed by atoms with Gasteiger partial charge in [0.25, 0.3) is 0 Å². The number of hydrogen-bond donors (Lipinski definition) is 3. The molecule has 0 aliphatic heterocycles. The minimum absolute atomic E-state index is 0.180. The predicted octanol–water partition coefficient (Wildman–Crippen LogP) is 6.25. The van der Waals surface area contributed by atoms with Crippen LogP contribution >= 0.6 is 47.0 Å². The first-order valence-electron chi connectivity index (χ1n) is 8.97. The van der Waals surface area contributed by atoms with Crippen LogP contribution in [-0.4, -0.2) is 21.0 Å². The summed E-state index contributed by atoms with van der Waals surface area (Å²) in [7, 11) is 0. The molecular weight excluding hydrogens is 465 g/mol. The summed E-state index contributed by atoms with van der Waals surface area (Å²) in [6.07, 6.45) is -1.02. The van der Waals surface area contributed by atoms with Gasteiger partial charge in [-0.25, -0.2) is 0 Å². The lowest BCUT2D eigenvalue weighted by atomic mass is 9.95. The number of rotatable bonds is 5. The van der Waals surface area contributed by atoms with E-state index in [0.717, 1.165) is 5.69 Å². The molecule has 0 bridgehead atoms. The molecule has 0 saturated heterocycles. The van der Waals surface area contributed by atoms with E-state index >= 15 is 0 Å². The largest absolute Gasteiger partial charge is 0.339 e. The van der Waals surface area contributed by atoms with E-state index in [-0.39, 0.29) is 11.0 Å². The molecule has 1 unspecified atom stereocenters. The van der Waals surface area contributed by atoms with Gasteiger partial charge in [0.2, 0.25) is 9.70 Å². The van der Waals surface area contributed by atoms with E-state index in [0.29, 0.717) is 11.4 Å². The summed E-state index contributed by atoms with van der Waals surface area (Å²) in [5.41, 5.74) is 1.48. The van der Waals surface area contributed by atoms with Crippen LogP contribution in [0.3, 0.4) is 0 Å². The molecule has 0 aliphatic rings. The summed E-state index contributed by atoms with van der Waals surface area (Å²) in [4.78, 5) is 12.3. The fourth-order valence-electron chi connectivity index (χ4n) is 2.07. The van der Waals surface area contributed by atoms with Gasteiger partial charge in [-0.3, -0.25) is 4.79 Å². The summed E-state index contributed by atoms with van der Waals surface area (Å²) in [5, 5.41) is 17.0. The molecule has 0 saturated carbocycles. The van der Waals surface area contributed by atoms with Crippen molar-refractivity contribution >= 4 is 75.1 Å². The number of nitrogens with one attached hydrogen (secondary N) is 3. The van der Waals surface area contributed by atoms with Crippen molar-refractivity contribution in [2.45, 2.75) is 30.7 Å². The van der Waals surface area contributed by atoms with E-state index in [1.165, 1.54) is 0 Å². The zero-order valence-corrected chi connectivity index (χ0v) is 19.7. The van der Waals surface area contributed by atoms with Gasteiger partial charge >= 0.3 is 0 Å². The van der Waals surface area contributed by atoms with Crippen molar-refractivity contribution < 1.29 is 4.79 Å². The Morgan fingerprint density at radius 3 is 1.93 bits per heavy atom. The Morgan fingerprint density at radius 1 is 0.900 bits per heavy atom. The third-order valence-electron chi connectivity index (χ3n) is 3.72. The van der Waals surface area contributed by atoms with E-state index in [1.54, 1.807) is 45.0 Å². The molecule has 6 nitrogen and oxygen atoms in total. The van der Waals surface area contributed by atoms with E-state index in [9.17, 15) is 4.79 Å². The third kappa shape index (κ3) is 8.07. The lowest BCUT2D eigenvalue weighted by molar-refractivity contribution is -0.129. The first-order chi connectivity index (χ1) is 13.9. The quantitative estimate of drug-likeness (QED) is 0.202. The highest BCUT2D eigenvalue weighted by molar-refractivity contribution is 7.80. The Bertz CT molecular complexity index is 893. The van der Waals surface area contributed by atoms with Gasteiger partial charge in [-0.2, -0.15) is 10.2 Å². The van der Waals surface area contributed by atoms with Gasteiger partial charge in [0, 0.05) is 11.1 Å². The summed E-state index contributed by atoms with van der Waals surface area (Å²) >= 11 is 23.3. The molecule has 0 aliphatic carbocycles. The highest BCUT2D eigenvalue weighted by atomic mass is 35.6. The van der Waals surface area contributed by atoms with Gasteiger partial charge in [0.1, 0.15) is 6.17 Å². The highest BCUT2D eigenvalue weighted by Crippen LogP contribution is 2.30. The van der Waals surface area contributed by atoms with Crippen molar-refractivity contribution in [2.75, 3.05) is 5.32 Å². The lowest BCUT2D eigenvalue weighted by Gasteiger charge is -2.30. The average molecular weight is 487 g/mol. The van der Waals surface area contributed by atoms with Crippen molar-refractivity contribution in [2.24, 2.45) is 15.6 Å². The predicted molar refractivity (Wildman–Crippen MR) is 128 cm³/mol. The Hall–Kier alpha value is -1.93. The smallest absolute Gasteiger partial charge is 0.228 e. The Balaban J connectivity index is 1.98. The number of thiocarbonyl (C=S) groups is 1. The molecule has 2 aromatic carbocycles. The number of carbonyl (C=O) groups excluding carboxylic acids is 1. The van der Waals surface area contributed by atoms with Crippen molar-refractivity contribution in [3.8, 4) is 0 Å². The number of halogens is 3. The molecule has 10 heteroatoms. The molecule has 30 heavy (non-hydrogen) atoms. The minimum Gasteiger partial charge on any atom is -0.339 e. The zero-order chi connectivity index (χ0) is 22.4. The SMILES string of the molecule is CC(C)(C)C(=O)NC(NC(=S)Nc1ccc(N=Nc2ccccc2)cc1)C(Cl)(Cl)Cl. The van der Waals surface area contributed by atoms with Crippen LogP contribution in [0.1, 0.15) is 20.8 Å². The molecular formula is C20H22Cl3N5OS. The standard InChI is InChI=1S/C20H22Cl3N5OS/c1-19(2,3)17(29)25-16(20(21,22)23)26-18(30)24-13-9-11-15(12-10-13)28-27-14-7-5-4-6-8-14/h4-12,16H,1-3H3,(H,25,29)(H2,24,26,30). The molecule has 1 amide bonds. The topological polar surface area (TPSA) is 77.9 Å². The van der Waals surface area contributed by atoms with Crippen LogP contribution in [0.2, 0.25) is 0 Å². The first-order valence-corrected chi connectivity index (χ1v) is 10.5. The fraction of sp³-hybridized carbons (Fsp3) is 0.300. The number of azo groups is 1. The van der Waals surface area contributed by atoms with Crippen LogP contribution in [0.4, 0.5) is 17.1 Å². The number of carbonyl (C=O) groups is 1. The van der Waals surface area contributed by atoms with Gasteiger partial charge in [0.05, 0.1) is 11.4 Å². The lowest BCUT2D eigenvalue weighted by Crippen LogP contribution is -2.58. The van der Waals surface area contributed by atoms with Gasteiger partial charge in [-0.05, 0) is 48.6 Å². The maximum absolute atomic E-state index is 12.3. The van der Waals surface area contributed by atoms with Crippen molar-refractivity contribution in [3.63, 3.8) is 0 Å². The summed E-state index contributed by atoms with van der Waals surface area (Å²) in [6.45, 7) is 5.26. The third-order valence-corrected chi connectivity index (χ3v) is 4.60. The summed E-state index contributed by atoms with van der Waals surface area (Å²) < 4.78 is -1.81. The molecule has 0 spiro atoms. The minimum atomic E-state index is -1.81. The van der Waals surface area contributed by atoms with E-state index < -0.39 is 15.4 Å². The Kier molecular flexibility index (Phi) is 8.43. The number of nitrogens with zero attached hydrogens (tertiary/aromatic N) is 2. The van der Waals surface area contributed by atoms with Crippen LogP contribution in [0, 0.1) is 5.41 Å². The van der Waals surface area contributed by atoms with Crippen molar-refractivity contribution in [1.82, 2.24) is 10.6 Å². The Labute approximate surface area is 196 Å². The van der Waals surface area contributed by atoms with Crippen LogP contribution in [-0.2, 0) is 4.79 Å². The van der Waals surface area contributed by atoms with Gasteiger partial charge in [0.15, 0.2) is 5.11 Å². The molecule has 3 N–H and O–H groups in total. The van der Waals surface area contributed by atoms with E-state index in [4.69, 9.17) is 47.0 Å². The average Bonchev–Trinajstić information content (AvgIpc) is 2.66. The molecule has 0 heterocycles. The van der Waals surface area contributed by atoms with E-state index in [2.05, 4.69) is 26.2 Å². The second-order valence-electron chi connectivity index (χ2n) is 7.38. The van der Waals surface area contributed by atoms with Gasteiger partial charge < -0.3 is 16.0 Å². The zero-order valence-electron chi connectivity index (χ0n) is 16.6. The highest BCUT2D eigenvalue weighted by Gasteiger charge is 2.36. The van der Waals surface area contributed by atoms with Crippen LogP contribution in [0.15, 0.2) is 64.8 Å². The van der Waals surface area contributed by atoms with Crippen LogP contribution in [0.5, 0.6) is 0 Å². The van der Waals surface area contributed by atoms with Gasteiger partial charge in [-0.1, -0.05) is 73.8 Å². The molecule has 0 radical (unpaired) electrons. The first kappa shape index (κ1) is 24.3. The number of anilines is 1.